The molecular formula is C61H111NO18. The molecule has 0 aliphatic carbocycles. The molecule has 0 spiro atoms. The van der Waals surface area contributed by atoms with Crippen LogP contribution in [-0.4, -0.2) is 193 Å². The van der Waals surface area contributed by atoms with Crippen molar-refractivity contribution in [3.63, 3.8) is 0 Å². The van der Waals surface area contributed by atoms with E-state index in [2.05, 4.69) is 55.6 Å². The van der Waals surface area contributed by atoms with Crippen LogP contribution in [0.2, 0.25) is 0 Å². The largest absolute Gasteiger partial charge is 0.394 e. The first-order valence-electron chi connectivity index (χ1n) is 31.2. The van der Waals surface area contributed by atoms with Crippen LogP contribution in [0, 0.1) is 0 Å². The first-order chi connectivity index (χ1) is 38.8. The van der Waals surface area contributed by atoms with Crippen molar-refractivity contribution in [3.8, 4) is 0 Å². The molecule has 0 aromatic rings. The lowest BCUT2D eigenvalue weighted by Crippen LogP contribution is -2.66. The molecule has 1 amide bonds. The Balaban J connectivity index is 1.42. The number of carbonyl (C=O) groups is 1. The second-order valence-electron chi connectivity index (χ2n) is 22.5. The van der Waals surface area contributed by atoms with Crippen LogP contribution in [0.4, 0.5) is 0 Å². The zero-order valence-electron chi connectivity index (χ0n) is 48.8. The summed E-state index contributed by atoms with van der Waals surface area (Å²) in [6.07, 6.45) is 21.0. The third kappa shape index (κ3) is 27.8. The molecule has 3 fully saturated rings. The van der Waals surface area contributed by atoms with Crippen molar-refractivity contribution in [2.45, 2.75) is 317 Å². The highest BCUT2D eigenvalue weighted by Crippen LogP contribution is 2.33. The van der Waals surface area contributed by atoms with Gasteiger partial charge in [-0.15, -0.1) is 0 Å². The normalized spacial score (nSPS) is 30.2. The summed E-state index contributed by atoms with van der Waals surface area (Å²) in [7, 11) is 0. The summed E-state index contributed by atoms with van der Waals surface area (Å²) in [6, 6.07) is -0.887. The maximum absolute atomic E-state index is 13.3. The number of allylic oxidation sites excluding steroid dienone is 6. The molecule has 468 valence electrons. The van der Waals surface area contributed by atoms with Gasteiger partial charge in [0.15, 0.2) is 18.9 Å². The van der Waals surface area contributed by atoms with E-state index in [1.165, 1.54) is 116 Å². The average Bonchev–Trinajstić information content (AvgIpc) is 3.47. The molecule has 3 heterocycles. The smallest absolute Gasteiger partial charge is 0.220 e. The van der Waals surface area contributed by atoms with Crippen molar-refractivity contribution in [2.24, 2.45) is 0 Å². The quantitative estimate of drug-likeness (QED) is 0.0242. The standard InChI is InChI=1S/C61H111NO18/c1-3-5-7-9-11-13-15-16-17-18-19-20-21-22-23-24-25-26-27-28-29-31-33-35-37-39-49(67)62-44(45(66)38-36-34-32-30-14-12-10-8-6-4-2)43-75-59-55(73)52(70)57(47(41-64)77-59)80-61-56(74)53(71)58(48(42-65)78-61)79-60-54(72)51(69)50(68)46(40-63)76-60/h15-16,18-19,21-22,44-48,50-61,63-66,68-74H,3-14,17,20,23-43H2,1-2H3,(H,62,67)/b16-15-,19-18-,22-21-. The molecular weight excluding hydrogens is 1030 g/mol. The second-order valence-corrected chi connectivity index (χ2v) is 22.5. The molecule has 0 aromatic heterocycles. The van der Waals surface area contributed by atoms with Crippen molar-refractivity contribution in [2.75, 3.05) is 26.4 Å². The minimum absolute atomic E-state index is 0.249. The predicted molar refractivity (Wildman–Crippen MR) is 305 cm³/mol. The van der Waals surface area contributed by atoms with Gasteiger partial charge in [-0.3, -0.25) is 4.79 Å². The fourth-order valence-corrected chi connectivity index (χ4v) is 10.6. The van der Waals surface area contributed by atoms with E-state index in [1.807, 2.05) is 0 Å². The Morgan fingerprint density at radius 3 is 1.29 bits per heavy atom. The van der Waals surface area contributed by atoms with Crippen LogP contribution < -0.4 is 5.32 Å². The molecule has 0 bridgehead atoms. The number of aliphatic hydroxyl groups excluding tert-OH is 11. The summed E-state index contributed by atoms with van der Waals surface area (Å²) in [5, 5.41) is 120. The molecule has 0 radical (unpaired) electrons. The SMILES string of the molecule is CCCCCCC/C=C\C/C=C\C/C=C\CCCCCCCCCCCCC(=O)NC(COC1OC(CO)C(OC2OC(CO)C(OC3OC(CO)C(O)C(O)C3O)C(O)C2O)C(O)C1O)C(O)CCCCCCCCCCCC. The lowest BCUT2D eigenvalue weighted by atomic mass is 9.96. The van der Waals surface area contributed by atoms with E-state index in [0.717, 1.165) is 64.2 Å². The Hall–Kier alpha value is -1.99. The Labute approximate surface area is 479 Å². The maximum atomic E-state index is 13.3. The van der Waals surface area contributed by atoms with Gasteiger partial charge in [0.05, 0.1) is 38.6 Å². The highest BCUT2D eigenvalue weighted by atomic mass is 16.8. The van der Waals surface area contributed by atoms with Crippen LogP contribution in [-0.2, 0) is 33.2 Å². The molecule has 3 aliphatic rings. The Morgan fingerprint density at radius 1 is 0.450 bits per heavy atom. The van der Waals surface area contributed by atoms with Crippen molar-refractivity contribution < 1.29 is 89.4 Å². The molecule has 80 heavy (non-hydrogen) atoms. The number of amides is 1. The molecule has 17 unspecified atom stereocenters. The number of rotatable bonds is 46. The van der Waals surface area contributed by atoms with E-state index in [-0.39, 0.29) is 18.9 Å². The third-order valence-electron chi connectivity index (χ3n) is 15.7. The van der Waals surface area contributed by atoms with Crippen LogP contribution in [0.25, 0.3) is 0 Å². The van der Waals surface area contributed by atoms with Crippen molar-refractivity contribution in [1.82, 2.24) is 5.32 Å². The lowest BCUT2D eigenvalue weighted by Gasteiger charge is -2.48. The summed E-state index contributed by atoms with van der Waals surface area (Å²) >= 11 is 0. The van der Waals surface area contributed by atoms with Crippen LogP contribution in [0.5, 0.6) is 0 Å². The molecule has 0 aromatic carbocycles. The van der Waals surface area contributed by atoms with Crippen LogP contribution in [0.3, 0.4) is 0 Å². The van der Waals surface area contributed by atoms with E-state index in [4.69, 9.17) is 28.4 Å². The minimum atomic E-state index is -1.97. The monoisotopic (exact) mass is 1150 g/mol. The number of aliphatic hydroxyl groups is 11. The summed E-state index contributed by atoms with van der Waals surface area (Å²) in [6.45, 7) is 1.75. The van der Waals surface area contributed by atoms with E-state index in [9.17, 15) is 61.0 Å². The average molecular weight is 1150 g/mol. The van der Waals surface area contributed by atoms with Crippen molar-refractivity contribution in [1.29, 1.82) is 0 Å². The van der Waals surface area contributed by atoms with Crippen molar-refractivity contribution >= 4 is 5.91 Å². The molecule has 3 rings (SSSR count). The summed E-state index contributed by atoms with van der Waals surface area (Å²) < 4.78 is 34.3. The Kier molecular flexibility index (Phi) is 40.2. The van der Waals surface area contributed by atoms with Crippen LogP contribution >= 0.6 is 0 Å². The van der Waals surface area contributed by atoms with Gasteiger partial charge in [0.25, 0.3) is 0 Å². The predicted octanol–water partition coefficient (Wildman–Crippen LogP) is 6.10. The first kappa shape index (κ1) is 72.3. The molecule has 3 aliphatic heterocycles. The topological polar surface area (TPSA) is 307 Å². The van der Waals surface area contributed by atoms with Crippen LogP contribution in [0.15, 0.2) is 36.5 Å². The molecule has 17 atom stereocenters. The van der Waals surface area contributed by atoms with Gasteiger partial charge in [0, 0.05) is 6.42 Å². The fraction of sp³-hybridized carbons (Fsp3) is 0.885. The summed E-state index contributed by atoms with van der Waals surface area (Å²) in [5.41, 5.74) is 0. The van der Waals surface area contributed by atoms with Gasteiger partial charge in [0.2, 0.25) is 5.91 Å². The molecule has 19 heteroatoms. The van der Waals surface area contributed by atoms with Gasteiger partial charge in [-0.1, -0.05) is 192 Å². The van der Waals surface area contributed by atoms with Gasteiger partial charge >= 0.3 is 0 Å². The van der Waals surface area contributed by atoms with Gasteiger partial charge in [0.1, 0.15) is 73.2 Å². The first-order valence-corrected chi connectivity index (χ1v) is 31.2. The zero-order chi connectivity index (χ0) is 58.3. The van der Waals surface area contributed by atoms with Crippen LogP contribution in [0.1, 0.15) is 213 Å². The minimum Gasteiger partial charge on any atom is -0.394 e. The number of hydrogen-bond acceptors (Lipinski definition) is 18. The third-order valence-corrected chi connectivity index (χ3v) is 15.7. The van der Waals surface area contributed by atoms with Gasteiger partial charge in [-0.25, -0.2) is 0 Å². The number of unbranched alkanes of at least 4 members (excludes halogenated alkanes) is 24. The number of carbonyl (C=O) groups excluding carboxylic acids is 1. The van der Waals surface area contributed by atoms with E-state index in [0.29, 0.717) is 12.8 Å². The van der Waals surface area contributed by atoms with Gasteiger partial charge in [-0.2, -0.15) is 0 Å². The number of ether oxygens (including phenoxy) is 6. The molecule has 0 saturated carbocycles. The van der Waals surface area contributed by atoms with Gasteiger partial charge in [-0.05, 0) is 51.4 Å². The van der Waals surface area contributed by atoms with E-state index in [1.54, 1.807) is 0 Å². The van der Waals surface area contributed by atoms with Gasteiger partial charge < -0.3 is 89.9 Å². The molecule has 3 saturated heterocycles. The summed E-state index contributed by atoms with van der Waals surface area (Å²) in [4.78, 5) is 13.3. The highest BCUT2D eigenvalue weighted by Gasteiger charge is 2.53. The Bertz CT molecular complexity index is 1600. The number of hydrogen-bond donors (Lipinski definition) is 12. The fourth-order valence-electron chi connectivity index (χ4n) is 10.6. The highest BCUT2D eigenvalue weighted by molar-refractivity contribution is 5.76. The Morgan fingerprint density at radius 2 is 0.825 bits per heavy atom. The summed E-state index contributed by atoms with van der Waals surface area (Å²) in [5.74, 6) is -0.249. The second kappa shape index (κ2) is 44.5. The zero-order valence-corrected chi connectivity index (χ0v) is 48.8. The lowest BCUT2D eigenvalue weighted by molar-refractivity contribution is -0.379. The molecule has 19 nitrogen and oxygen atoms in total. The maximum Gasteiger partial charge on any atom is 0.220 e. The van der Waals surface area contributed by atoms with E-state index < -0.39 is 124 Å². The van der Waals surface area contributed by atoms with E-state index >= 15 is 0 Å². The molecule has 12 N–H and O–H groups in total. The number of nitrogens with one attached hydrogen (secondary N) is 1. The van der Waals surface area contributed by atoms with Crippen molar-refractivity contribution in [3.05, 3.63) is 36.5 Å².